The zero-order chi connectivity index (χ0) is 20.5. The van der Waals surface area contributed by atoms with Crippen molar-refractivity contribution in [1.29, 1.82) is 0 Å². The molecule has 0 aliphatic heterocycles. The molecule has 0 aliphatic carbocycles. The lowest BCUT2D eigenvalue weighted by Gasteiger charge is -2.17. The predicted molar refractivity (Wildman–Crippen MR) is 122 cm³/mol. The van der Waals surface area contributed by atoms with E-state index < -0.39 is 0 Å². The number of aromatic amines is 1. The molecule has 0 spiro atoms. The lowest BCUT2D eigenvalue weighted by atomic mass is 10.0. The third-order valence-electron chi connectivity index (χ3n) is 5.25. The van der Waals surface area contributed by atoms with Gasteiger partial charge in [0, 0.05) is 17.0 Å². The molecule has 0 saturated heterocycles. The van der Waals surface area contributed by atoms with Crippen molar-refractivity contribution in [3.63, 3.8) is 0 Å². The SMILES string of the molecule is Cc1ccc(-c2c(C)sc3nc(CN(C)Cc4ccccc4C)[nH]c(=O)c23)cc1. The maximum atomic E-state index is 13.0. The standard InChI is InChI=1S/C24H25N3OS/c1-15-9-11-18(12-10-15)21-17(3)29-24-22(21)23(28)25-20(26-24)14-27(4)13-19-8-6-5-7-16(19)2/h5-12H,13-14H2,1-4H3,(H,25,26,28). The molecule has 2 aromatic heterocycles. The Kier molecular flexibility index (Phi) is 5.35. The van der Waals surface area contributed by atoms with E-state index in [2.05, 4.69) is 79.2 Å². The number of rotatable bonds is 5. The summed E-state index contributed by atoms with van der Waals surface area (Å²) in [7, 11) is 2.05. The molecule has 5 heteroatoms. The van der Waals surface area contributed by atoms with Gasteiger partial charge in [-0.15, -0.1) is 11.3 Å². The Morgan fingerprint density at radius 1 is 1.00 bits per heavy atom. The highest BCUT2D eigenvalue weighted by Crippen LogP contribution is 2.35. The van der Waals surface area contributed by atoms with E-state index in [1.165, 1.54) is 16.7 Å². The Bertz CT molecular complexity index is 1220. The molecule has 4 rings (SSSR count). The number of benzene rings is 2. The number of hydrogen-bond acceptors (Lipinski definition) is 4. The van der Waals surface area contributed by atoms with Gasteiger partial charge in [-0.2, -0.15) is 0 Å². The molecule has 1 N–H and O–H groups in total. The second kappa shape index (κ2) is 7.93. The number of nitrogens with one attached hydrogen (secondary N) is 1. The first kappa shape index (κ1) is 19.6. The Morgan fingerprint density at radius 3 is 2.45 bits per heavy atom. The van der Waals surface area contributed by atoms with Crippen molar-refractivity contribution in [2.45, 2.75) is 33.9 Å². The van der Waals surface area contributed by atoms with Crippen molar-refractivity contribution >= 4 is 21.6 Å². The van der Waals surface area contributed by atoms with Crippen LogP contribution in [0.5, 0.6) is 0 Å². The average molecular weight is 404 g/mol. The largest absolute Gasteiger partial charge is 0.309 e. The summed E-state index contributed by atoms with van der Waals surface area (Å²) in [6.07, 6.45) is 0. The van der Waals surface area contributed by atoms with Crippen molar-refractivity contribution in [2.75, 3.05) is 7.05 Å². The monoisotopic (exact) mass is 403 g/mol. The molecule has 0 aliphatic rings. The lowest BCUT2D eigenvalue weighted by molar-refractivity contribution is 0.310. The average Bonchev–Trinajstić information content (AvgIpc) is 3.00. The highest BCUT2D eigenvalue weighted by atomic mass is 32.1. The number of aryl methyl sites for hydroxylation is 3. The maximum absolute atomic E-state index is 13.0. The molecule has 0 saturated carbocycles. The van der Waals surface area contributed by atoms with Crippen LogP contribution in [0.25, 0.3) is 21.3 Å². The second-order valence-corrected chi connectivity index (χ2v) is 8.89. The third kappa shape index (κ3) is 4.02. The lowest BCUT2D eigenvalue weighted by Crippen LogP contribution is -2.22. The third-order valence-corrected chi connectivity index (χ3v) is 6.25. The Labute approximate surface area is 174 Å². The number of thiophene rings is 1. The Morgan fingerprint density at radius 2 is 1.72 bits per heavy atom. The van der Waals surface area contributed by atoms with Crippen LogP contribution in [0.1, 0.15) is 27.4 Å². The fourth-order valence-electron chi connectivity index (χ4n) is 3.70. The second-order valence-electron chi connectivity index (χ2n) is 7.69. The van der Waals surface area contributed by atoms with Crippen LogP contribution in [0.3, 0.4) is 0 Å². The van der Waals surface area contributed by atoms with Gasteiger partial charge < -0.3 is 4.98 Å². The summed E-state index contributed by atoms with van der Waals surface area (Å²) in [6.45, 7) is 7.65. The summed E-state index contributed by atoms with van der Waals surface area (Å²) in [5.41, 5.74) is 5.76. The quantitative estimate of drug-likeness (QED) is 0.498. The molecule has 0 atom stereocenters. The zero-order valence-electron chi connectivity index (χ0n) is 17.2. The first-order chi connectivity index (χ1) is 13.9. The van der Waals surface area contributed by atoms with E-state index in [9.17, 15) is 4.79 Å². The van der Waals surface area contributed by atoms with Crippen molar-refractivity contribution in [3.8, 4) is 11.1 Å². The van der Waals surface area contributed by atoms with Gasteiger partial charge in [0.15, 0.2) is 0 Å². The number of H-pyrrole nitrogens is 1. The molecule has 2 aromatic carbocycles. The van der Waals surface area contributed by atoms with Crippen LogP contribution in [0.4, 0.5) is 0 Å². The molecule has 148 valence electrons. The van der Waals surface area contributed by atoms with Crippen LogP contribution in [-0.2, 0) is 13.1 Å². The molecular weight excluding hydrogens is 378 g/mol. The Balaban J connectivity index is 1.65. The van der Waals surface area contributed by atoms with Gasteiger partial charge in [0.1, 0.15) is 10.7 Å². The van der Waals surface area contributed by atoms with Gasteiger partial charge in [0.05, 0.1) is 11.9 Å². The van der Waals surface area contributed by atoms with Crippen LogP contribution in [-0.4, -0.2) is 21.9 Å². The van der Waals surface area contributed by atoms with Crippen LogP contribution in [0.2, 0.25) is 0 Å². The van der Waals surface area contributed by atoms with Crippen molar-refractivity contribution in [1.82, 2.24) is 14.9 Å². The molecular formula is C24H25N3OS. The Hall–Kier alpha value is -2.76. The van der Waals surface area contributed by atoms with Crippen molar-refractivity contribution in [3.05, 3.63) is 86.3 Å². The van der Waals surface area contributed by atoms with E-state index >= 15 is 0 Å². The van der Waals surface area contributed by atoms with Crippen LogP contribution >= 0.6 is 11.3 Å². The molecule has 0 radical (unpaired) electrons. The summed E-state index contributed by atoms with van der Waals surface area (Å²) >= 11 is 1.59. The number of fused-ring (bicyclic) bond motifs is 1. The van der Waals surface area contributed by atoms with Crippen LogP contribution in [0, 0.1) is 20.8 Å². The minimum atomic E-state index is -0.0609. The van der Waals surface area contributed by atoms with Gasteiger partial charge in [-0.25, -0.2) is 4.98 Å². The predicted octanol–water partition coefficient (Wildman–Crippen LogP) is 5.21. The van der Waals surface area contributed by atoms with Crippen LogP contribution < -0.4 is 5.56 Å². The van der Waals surface area contributed by atoms with Gasteiger partial charge in [-0.3, -0.25) is 9.69 Å². The zero-order valence-corrected chi connectivity index (χ0v) is 18.1. The molecule has 4 nitrogen and oxygen atoms in total. The molecule has 4 aromatic rings. The smallest absolute Gasteiger partial charge is 0.260 e. The molecule has 29 heavy (non-hydrogen) atoms. The van der Waals surface area contributed by atoms with E-state index in [4.69, 9.17) is 4.98 Å². The van der Waals surface area contributed by atoms with Crippen molar-refractivity contribution < 1.29 is 0 Å². The highest BCUT2D eigenvalue weighted by molar-refractivity contribution is 7.19. The fourth-order valence-corrected chi connectivity index (χ4v) is 4.76. The van der Waals surface area contributed by atoms with Gasteiger partial charge in [-0.05, 0) is 44.5 Å². The summed E-state index contributed by atoms with van der Waals surface area (Å²) in [6, 6.07) is 16.7. The first-order valence-electron chi connectivity index (χ1n) is 9.75. The van der Waals surface area contributed by atoms with Crippen molar-refractivity contribution in [2.24, 2.45) is 0 Å². The van der Waals surface area contributed by atoms with E-state index in [1.807, 2.05) is 7.05 Å². The van der Waals surface area contributed by atoms with Crippen LogP contribution in [0.15, 0.2) is 53.3 Å². The topological polar surface area (TPSA) is 49.0 Å². The summed E-state index contributed by atoms with van der Waals surface area (Å²) in [4.78, 5) is 24.9. The number of hydrogen-bond donors (Lipinski definition) is 1. The van der Waals surface area contributed by atoms with Gasteiger partial charge >= 0.3 is 0 Å². The van der Waals surface area contributed by atoms with E-state index in [-0.39, 0.29) is 5.56 Å². The van der Waals surface area contributed by atoms with Gasteiger partial charge in [0.25, 0.3) is 5.56 Å². The summed E-state index contributed by atoms with van der Waals surface area (Å²) in [5, 5.41) is 0.696. The maximum Gasteiger partial charge on any atom is 0.260 e. The molecule has 0 fully saturated rings. The molecule has 2 heterocycles. The number of nitrogens with zero attached hydrogens (tertiary/aromatic N) is 2. The first-order valence-corrected chi connectivity index (χ1v) is 10.6. The van der Waals surface area contributed by atoms with E-state index in [0.717, 1.165) is 27.4 Å². The highest BCUT2D eigenvalue weighted by Gasteiger charge is 2.17. The molecule has 0 unspecified atom stereocenters. The van der Waals surface area contributed by atoms with Gasteiger partial charge in [-0.1, -0.05) is 54.1 Å². The van der Waals surface area contributed by atoms with E-state index in [1.54, 1.807) is 11.3 Å². The van der Waals surface area contributed by atoms with E-state index in [0.29, 0.717) is 17.8 Å². The minimum Gasteiger partial charge on any atom is -0.309 e. The van der Waals surface area contributed by atoms with Gasteiger partial charge in [0.2, 0.25) is 0 Å². The summed E-state index contributed by atoms with van der Waals surface area (Å²) in [5.74, 6) is 0.704. The number of aromatic nitrogens is 2. The summed E-state index contributed by atoms with van der Waals surface area (Å²) < 4.78 is 0. The minimum absolute atomic E-state index is 0.0609. The fraction of sp³-hybridized carbons (Fsp3) is 0.250. The normalized spacial score (nSPS) is 11.5. The molecule has 0 amide bonds. The molecule has 0 bridgehead atoms.